The Labute approximate surface area is 152 Å². The average Bonchev–Trinajstić information content (AvgIpc) is 3.25. The Morgan fingerprint density at radius 3 is 1.86 bits per heavy atom. The SMILES string of the molecule is C1CO1.CCOCCOC(=O)O.O=C1OCCO1.O=C=O.[Y]. The van der Waals surface area contributed by atoms with Gasteiger partial charge in [-0.25, -0.2) is 9.59 Å². The van der Waals surface area contributed by atoms with Gasteiger partial charge in [0, 0.05) is 39.3 Å². The molecule has 0 aromatic rings. The molecular formula is C11H18O10Y. The van der Waals surface area contributed by atoms with E-state index in [1.54, 1.807) is 0 Å². The normalized spacial score (nSPS) is 12.7. The molecule has 10 nitrogen and oxygen atoms in total. The molecule has 1 N–H and O–H groups in total. The third kappa shape index (κ3) is 36.4. The zero-order valence-corrected chi connectivity index (χ0v) is 15.0. The van der Waals surface area contributed by atoms with Crippen LogP contribution in [-0.2, 0) is 66.0 Å². The third-order valence-electron chi connectivity index (χ3n) is 1.38. The molecule has 22 heavy (non-hydrogen) atoms. The van der Waals surface area contributed by atoms with Gasteiger partial charge in [-0.05, 0) is 6.92 Å². The second-order valence-corrected chi connectivity index (χ2v) is 2.95. The fourth-order valence-electron chi connectivity index (χ4n) is 0.624. The van der Waals surface area contributed by atoms with Gasteiger partial charge in [0.2, 0.25) is 0 Å². The Hall–Kier alpha value is -1.06. The van der Waals surface area contributed by atoms with Gasteiger partial charge in [-0.2, -0.15) is 9.59 Å². The van der Waals surface area contributed by atoms with Gasteiger partial charge in [0.05, 0.1) is 19.8 Å². The molecule has 0 aromatic heterocycles. The van der Waals surface area contributed by atoms with Gasteiger partial charge in [-0.1, -0.05) is 0 Å². The van der Waals surface area contributed by atoms with Crippen LogP contribution < -0.4 is 0 Å². The van der Waals surface area contributed by atoms with Crippen LogP contribution in [0.15, 0.2) is 0 Å². The van der Waals surface area contributed by atoms with E-state index in [4.69, 9.17) is 19.4 Å². The summed E-state index contributed by atoms with van der Waals surface area (Å²) >= 11 is 0. The fraction of sp³-hybridized carbons (Fsp3) is 0.727. The molecule has 0 bridgehead atoms. The van der Waals surface area contributed by atoms with Gasteiger partial charge in [0.15, 0.2) is 0 Å². The molecule has 0 aliphatic carbocycles. The predicted octanol–water partition coefficient (Wildman–Crippen LogP) is 0.301. The Morgan fingerprint density at radius 1 is 1.18 bits per heavy atom. The van der Waals surface area contributed by atoms with Crippen molar-refractivity contribution in [2.45, 2.75) is 6.92 Å². The Balaban J connectivity index is -0.000000238. The second-order valence-electron chi connectivity index (χ2n) is 2.95. The van der Waals surface area contributed by atoms with E-state index in [0.717, 1.165) is 13.2 Å². The summed E-state index contributed by atoms with van der Waals surface area (Å²) in [5.41, 5.74) is 0. The number of carbonyl (C=O) groups excluding carboxylic acids is 3. The van der Waals surface area contributed by atoms with Gasteiger partial charge in [-0.15, -0.1) is 0 Å². The van der Waals surface area contributed by atoms with Crippen LogP contribution in [0.3, 0.4) is 0 Å². The molecule has 0 unspecified atom stereocenters. The van der Waals surface area contributed by atoms with Crippen molar-refractivity contribution in [3.8, 4) is 0 Å². The number of carbonyl (C=O) groups is 2. The number of hydrogen-bond donors (Lipinski definition) is 1. The molecule has 1 radical (unpaired) electrons. The quantitative estimate of drug-likeness (QED) is 0.399. The van der Waals surface area contributed by atoms with Crippen molar-refractivity contribution >= 4 is 18.5 Å². The van der Waals surface area contributed by atoms with Gasteiger partial charge >= 0.3 is 18.5 Å². The van der Waals surface area contributed by atoms with Crippen molar-refractivity contribution in [1.82, 2.24) is 0 Å². The molecule has 11 heteroatoms. The molecule has 0 spiro atoms. The Morgan fingerprint density at radius 2 is 1.64 bits per heavy atom. The zero-order chi connectivity index (χ0) is 16.3. The maximum Gasteiger partial charge on any atom is 0.508 e. The number of carboxylic acid groups (broad SMARTS) is 1. The molecule has 0 aromatic carbocycles. The molecule has 2 aliphatic rings. The summed E-state index contributed by atoms with van der Waals surface area (Å²) < 4.78 is 22.0. The number of epoxide rings is 1. The van der Waals surface area contributed by atoms with Crippen molar-refractivity contribution in [1.29, 1.82) is 0 Å². The van der Waals surface area contributed by atoms with E-state index in [9.17, 15) is 9.59 Å². The smallest absolute Gasteiger partial charge is 0.450 e. The molecule has 2 aliphatic heterocycles. The number of hydrogen-bond acceptors (Lipinski definition) is 9. The van der Waals surface area contributed by atoms with Crippen molar-refractivity contribution < 1.29 is 80.7 Å². The molecule has 2 rings (SSSR count). The van der Waals surface area contributed by atoms with Crippen LogP contribution in [-0.4, -0.2) is 69.8 Å². The summed E-state index contributed by atoms with van der Waals surface area (Å²) in [5, 5.41) is 7.94. The fourth-order valence-corrected chi connectivity index (χ4v) is 0.624. The third-order valence-corrected chi connectivity index (χ3v) is 1.38. The maximum absolute atomic E-state index is 9.80. The number of rotatable bonds is 4. The van der Waals surface area contributed by atoms with Crippen LogP contribution in [0.4, 0.5) is 9.59 Å². The van der Waals surface area contributed by atoms with Crippen LogP contribution in [0.1, 0.15) is 6.92 Å². The van der Waals surface area contributed by atoms with E-state index < -0.39 is 12.3 Å². The molecule has 2 saturated heterocycles. The van der Waals surface area contributed by atoms with Crippen molar-refractivity contribution in [3.63, 3.8) is 0 Å². The minimum atomic E-state index is -1.25. The van der Waals surface area contributed by atoms with E-state index >= 15 is 0 Å². The van der Waals surface area contributed by atoms with Crippen LogP contribution in [0, 0.1) is 0 Å². The largest absolute Gasteiger partial charge is 0.508 e. The van der Waals surface area contributed by atoms with Crippen LogP contribution >= 0.6 is 0 Å². The summed E-state index contributed by atoms with van der Waals surface area (Å²) in [4.78, 5) is 35.7. The Kier molecular flexibility index (Phi) is 26.1. The van der Waals surface area contributed by atoms with Crippen molar-refractivity contribution in [2.75, 3.05) is 46.2 Å². The average molecular weight is 399 g/mol. The first-order valence-electron chi connectivity index (χ1n) is 5.88. The molecule has 2 heterocycles. The molecule has 0 saturated carbocycles. The van der Waals surface area contributed by atoms with Crippen LogP contribution in [0.2, 0.25) is 0 Å². The summed E-state index contributed by atoms with van der Waals surface area (Å²) in [7, 11) is 0. The van der Waals surface area contributed by atoms with E-state index in [0.29, 0.717) is 26.4 Å². The standard InChI is InChI=1S/C5H10O4.C3H4O3.C2H4O.CO2.Y/c1-2-8-3-4-9-5(6)7;4-3-5-1-2-6-3;1-2-3-1;2-1-3;/h2-4H2,1H3,(H,6,7);1-2H2;1-2H2;;. The summed E-state index contributed by atoms with van der Waals surface area (Å²) in [6.07, 6.45) is -1.55. The second kappa shape index (κ2) is 22.2. The monoisotopic (exact) mass is 399 g/mol. The maximum atomic E-state index is 9.80. The first kappa shape index (κ1) is 25.9. The van der Waals surface area contributed by atoms with E-state index in [-0.39, 0.29) is 45.5 Å². The van der Waals surface area contributed by atoms with Crippen LogP contribution in [0.5, 0.6) is 0 Å². The molecule has 2 fully saturated rings. The molecular weight excluding hydrogens is 381 g/mol. The summed E-state index contributed by atoms with van der Waals surface area (Å²) in [6, 6.07) is 0. The van der Waals surface area contributed by atoms with E-state index in [2.05, 4.69) is 18.9 Å². The molecule has 125 valence electrons. The van der Waals surface area contributed by atoms with Gasteiger partial charge in [0.25, 0.3) is 0 Å². The number of ether oxygens (including phenoxy) is 5. The van der Waals surface area contributed by atoms with Crippen LogP contribution in [0.25, 0.3) is 0 Å². The predicted molar refractivity (Wildman–Crippen MR) is 63.6 cm³/mol. The minimum Gasteiger partial charge on any atom is -0.450 e. The summed E-state index contributed by atoms with van der Waals surface area (Å²) in [6.45, 7) is 5.70. The Bertz CT molecular complexity index is 290. The molecule has 0 amide bonds. The summed E-state index contributed by atoms with van der Waals surface area (Å²) in [5.74, 6) is 0. The minimum absolute atomic E-state index is 0. The van der Waals surface area contributed by atoms with Crippen molar-refractivity contribution in [3.05, 3.63) is 0 Å². The topological polar surface area (TPSA) is 138 Å². The van der Waals surface area contributed by atoms with Crippen molar-refractivity contribution in [2.24, 2.45) is 0 Å². The van der Waals surface area contributed by atoms with Gasteiger partial charge < -0.3 is 28.8 Å². The van der Waals surface area contributed by atoms with E-state index in [1.807, 2.05) is 6.92 Å². The van der Waals surface area contributed by atoms with E-state index in [1.165, 1.54) is 0 Å². The first-order valence-corrected chi connectivity index (χ1v) is 5.88. The molecule has 0 atom stereocenters. The van der Waals surface area contributed by atoms with Gasteiger partial charge in [0.1, 0.15) is 19.8 Å². The number of cyclic esters (lactones) is 2. The first-order chi connectivity index (χ1) is 10.1. The zero-order valence-electron chi connectivity index (χ0n) is 12.1. The van der Waals surface area contributed by atoms with Gasteiger partial charge in [-0.3, -0.25) is 0 Å².